The molecule has 0 amide bonds. The molecule has 0 heterocycles. The molecule has 1 aliphatic carbocycles. The van der Waals surface area contributed by atoms with Gasteiger partial charge in [0.25, 0.3) is 0 Å². The Bertz CT molecular complexity index is 386. The molecular weight excluding hydrogens is 234 g/mol. The van der Waals surface area contributed by atoms with Crippen LogP contribution in [0.3, 0.4) is 0 Å². The van der Waals surface area contributed by atoms with E-state index in [-0.39, 0.29) is 5.54 Å². The standard InChI is InChI=1S/C14H20ClNO/c1-16-14(7-3-4-8-14)10-11-5-6-13(17-2)12(15)9-11/h5-6,9,16H,3-4,7-8,10H2,1-2H3. The van der Waals surface area contributed by atoms with Gasteiger partial charge in [0.2, 0.25) is 0 Å². The SMILES string of the molecule is CNC1(Cc2ccc(OC)c(Cl)c2)CCCC1. The molecule has 2 nitrogen and oxygen atoms in total. The van der Waals surface area contributed by atoms with Gasteiger partial charge >= 0.3 is 0 Å². The van der Waals surface area contributed by atoms with E-state index in [9.17, 15) is 0 Å². The Kier molecular flexibility index (Phi) is 3.95. The number of nitrogens with one attached hydrogen (secondary N) is 1. The highest BCUT2D eigenvalue weighted by Crippen LogP contribution is 2.34. The van der Waals surface area contributed by atoms with Crippen molar-refractivity contribution in [3.8, 4) is 5.75 Å². The van der Waals surface area contributed by atoms with Crippen LogP contribution in [0.15, 0.2) is 18.2 Å². The van der Waals surface area contributed by atoms with Crippen molar-refractivity contribution in [1.29, 1.82) is 0 Å². The molecule has 0 radical (unpaired) electrons. The summed E-state index contributed by atoms with van der Waals surface area (Å²) in [5.41, 5.74) is 1.56. The lowest BCUT2D eigenvalue weighted by Gasteiger charge is -2.29. The molecule has 0 aliphatic heterocycles. The first-order chi connectivity index (χ1) is 8.19. The number of ether oxygens (including phenoxy) is 1. The van der Waals surface area contributed by atoms with Crippen molar-refractivity contribution in [2.45, 2.75) is 37.6 Å². The van der Waals surface area contributed by atoms with Gasteiger partial charge in [-0.25, -0.2) is 0 Å². The summed E-state index contributed by atoms with van der Waals surface area (Å²) in [5, 5.41) is 4.20. The molecule has 2 rings (SSSR count). The molecule has 1 aromatic carbocycles. The van der Waals surface area contributed by atoms with Gasteiger partial charge in [0.1, 0.15) is 5.75 Å². The lowest BCUT2D eigenvalue weighted by molar-refractivity contribution is 0.356. The average molecular weight is 254 g/mol. The van der Waals surface area contributed by atoms with E-state index in [1.54, 1.807) is 7.11 Å². The Labute approximate surface area is 108 Å². The monoisotopic (exact) mass is 253 g/mol. The summed E-state index contributed by atoms with van der Waals surface area (Å²) in [4.78, 5) is 0. The van der Waals surface area contributed by atoms with Gasteiger partial charge < -0.3 is 10.1 Å². The summed E-state index contributed by atoms with van der Waals surface area (Å²) >= 11 is 6.16. The lowest BCUT2D eigenvalue weighted by Crippen LogP contribution is -2.42. The van der Waals surface area contributed by atoms with Gasteiger partial charge in [-0.2, -0.15) is 0 Å². The third-order valence-corrected chi connectivity index (χ3v) is 4.15. The van der Waals surface area contributed by atoms with E-state index in [1.807, 2.05) is 12.1 Å². The van der Waals surface area contributed by atoms with Crippen LogP contribution in [-0.4, -0.2) is 19.7 Å². The van der Waals surface area contributed by atoms with E-state index in [2.05, 4.69) is 18.4 Å². The van der Waals surface area contributed by atoms with Crippen LogP contribution < -0.4 is 10.1 Å². The summed E-state index contributed by atoms with van der Waals surface area (Å²) in [7, 11) is 3.71. The molecule has 0 atom stereocenters. The van der Waals surface area contributed by atoms with Crippen LogP contribution in [0, 0.1) is 0 Å². The van der Waals surface area contributed by atoms with E-state index in [4.69, 9.17) is 16.3 Å². The van der Waals surface area contributed by atoms with Crippen molar-refractivity contribution in [3.63, 3.8) is 0 Å². The molecule has 0 spiro atoms. The fraction of sp³-hybridized carbons (Fsp3) is 0.571. The second kappa shape index (κ2) is 5.28. The molecule has 1 aromatic rings. The Morgan fingerprint density at radius 1 is 1.35 bits per heavy atom. The van der Waals surface area contributed by atoms with Crippen molar-refractivity contribution in [2.24, 2.45) is 0 Å². The highest BCUT2D eigenvalue weighted by atomic mass is 35.5. The number of hydrogen-bond donors (Lipinski definition) is 1. The molecule has 17 heavy (non-hydrogen) atoms. The van der Waals surface area contributed by atoms with Crippen LogP contribution in [0.25, 0.3) is 0 Å². The molecule has 1 fully saturated rings. The van der Waals surface area contributed by atoms with Gasteiger partial charge in [-0.05, 0) is 44.0 Å². The first-order valence-electron chi connectivity index (χ1n) is 6.20. The minimum absolute atomic E-state index is 0.276. The van der Waals surface area contributed by atoms with Crippen LogP contribution in [0.5, 0.6) is 5.75 Å². The largest absolute Gasteiger partial charge is 0.495 e. The first-order valence-corrected chi connectivity index (χ1v) is 6.58. The van der Waals surface area contributed by atoms with Crippen LogP contribution in [0.1, 0.15) is 31.2 Å². The van der Waals surface area contributed by atoms with E-state index in [0.717, 1.165) is 12.2 Å². The molecule has 0 unspecified atom stereocenters. The van der Waals surface area contributed by atoms with Gasteiger partial charge in [0.15, 0.2) is 0 Å². The Morgan fingerprint density at radius 2 is 2.06 bits per heavy atom. The van der Waals surface area contributed by atoms with Gasteiger partial charge in [-0.3, -0.25) is 0 Å². The van der Waals surface area contributed by atoms with E-state index in [0.29, 0.717) is 5.02 Å². The van der Waals surface area contributed by atoms with Crippen LogP contribution in [0.2, 0.25) is 5.02 Å². The lowest BCUT2D eigenvalue weighted by atomic mass is 9.89. The molecule has 0 aromatic heterocycles. The Hall–Kier alpha value is -0.730. The molecule has 1 N–H and O–H groups in total. The molecule has 1 saturated carbocycles. The number of halogens is 1. The summed E-state index contributed by atoms with van der Waals surface area (Å²) in [6.07, 6.45) is 6.21. The van der Waals surface area contributed by atoms with Crippen LogP contribution >= 0.6 is 11.6 Å². The smallest absolute Gasteiger partial charge is 0.137 e. The molecule has 3 heteroatoms. The zero-order valence-electron chi connectivity index (χ0n) is 10.6. The molecular formula is C14H20ClNO. The van der Waals surface area contributed by atoms with Crippen LogP contribution in [-0.2, 0) is 6.42 Å². The maximum Gasteiger partial charge on any atom is 0.137 e. The van der Waals surface area contributed by atoms with Gasteiger partial charge in [0.05, 0.1) is 12.1 Å². The van der Waals surface area contributed by atoms with Crippen molar-refractivity contribution in [1.82, 2.24) is 5.32 Å². The maximum absolute atomic E-state index is 6.16. The third-order valence-electron chi connectivity index (χ3n) is 3.85. The number of benzene rings is 1. The predicted octanol–water partition coefficient (Wildman–Crippen LogP) is 3.42. The number of rotatable bonds is 4. The van der Waals surface area contributed by atoms with Crippen molar-refractivity contribution in [2.75, 3.05) is 14.2 Å². The summed E-state index contributed by atoms with van der Waals surface area (Å²) in [6, 6.07) is 6.09. The summed E-state index contributed by atoms with van der Waals surface area (Å²) < 4.78 is 5.17. The minimum atomic E-state index is 0.276. The second-order valence-corrected chi connectivity index (χ2v) is 5.29. The minimum Gasteiger partial charge on any atom is -0.495 e. The Morgan fingerprint density at radius 3 is 2.59 bits per heavy atom. The first kappa shape index (κ1) is 12.7. The van der Waals surface area contributed by atoms with Gasteiger partial charge in [-0.15, -0.1) is 0 Å². The van der Waals surface area contributed by atoms with Gasteiger partial charge in [0, 0.05) is 5.54 Å². The quantitative estimate of drug-likeness (QED) is 0.888. The molecule has 94 valence electrons. The third kappa shape index (κ3) is 2.75. The van der Waals surface area contributed by atoms with Crippen molar-refractivity contribution in [3.05, 3.63) is 28.8 Å². The Balaban J connectivity index is 2.15. The van der Waals surface area contributed by atoms with E-state index in [1.165, 1.54) is 31.2 Å². The van der Waals surface area contributed by atoms with E-state index >= 15 is 0 Å². The van der Waals surface area contributed by atoms with Crippen molar-refractivity contribution < 1.29 is 4.74 Å². The highest BCUT2D eigenvalue weighted by Gasteiger charge is 2.32. The normalized spacial score (nSPS) is 18.3. The fourth-order valence-electron chi connectivity index (χ4n) is 2.78. The average Bonchev–Trinajstić information content (AvgIpc) is 2.79. The zero-order chi connectivity index (χ0) is 12.3. The number of likely N-dealkylation sites (N-methyl/N-ethyl adjacent to an activating group) is 1. The fourth-order valence-corrected chi connectivity index (χ4v) is 3.06. The number of hydrogen-bond acceptors (Lipinski definition) is 2. The summed E-state index contributed by atoms with van der Waals surface area (Å²) in [5.74, 6) is 0.750. The predicted molar refractivity (Wildman–Crippen MR) is 72.0 cm³/mol. The van der Waals surface area contributed by atoms with Crippen LogP contribution in [0.4, 0.5) is 0 Å². The van der Waals surface area contributed by atoms with Crippen molar-refractivity contribution >= 4 is 11.6 Å². The maximum atomic E-state index is 6.16. The molecule has 1 aliphatic rings. The molecule has 0 bridgehead atoms. The van der Waals surface area contributed by atoms with E-state index < -0.39 is 0 Å². The molecule has 0 saturated heterocycles. The summed E-state index contributed by atoms with van der Waals surface area (Å²) in [6.45, 7) is 0. The zero-order valence-corrected chi connectivity index (χ0v) is 11.3. The topological polar surface area (TPSA) is 21.3 Å². The highest BCUT2D eigenvalue weighted by molar-refractivity contribution is 6.32. The number of methoxy groups -OCH3 is 1. The second-order valence-electron chi connectivity index (χ2n) is 4.88. The van der Waals surface area contributed by atoms with Gasteiger partial charge in [-0.1, -0.05) is 30.5 Å².